The number of pyridine rings is 1. The van der Waals surface area contributed by atoms with Crippen molar-refractivity contribution in [2.75, 3.05) is 44.2 Å². The van der Waals surface area contributed by atoms with Gasteiger partial charge in [0.25, 0.3) is 0 Å². The molecule has 2 aliphatic heterocycles. The molecule has 0 bridgehead atoms. The first kappa shape index (κ1) is 29.9. The Balaban J connectivity index is 1.30. The number of hydrogen-bond donors (Lipinski definition) is 2. The Labute approximate surface area is 245 Å². The topological polar surface area (TPSA) is 103 Å². The Kier molecular flexibility index (Phi) is 9.66. The molecule has 0 saturated carbocycles. The van der Waals surface area contributed by atoms with Crippen molar-refractivity contribution in [1.29, 1.82) is 0 Å². The number of nitrogens with zero attached hydrogens (tertiary/aromatic N) is 3. The minimum atomic E-state index is -0.784. The van der Waals surface area contributed by atoms with Gasteiger partial charge < -0.3 is 19.6 Å². The molecule has 0 radical (unpaired) electrons. The second kappa shape index (κ2) is 13.6. The summed E-state index contributed by atoms with van der Waals surface area (Å²) in [4.78, 5) is 25.5. The average Bonchev–Trinajstić information content (AvgIpc) is 3.01. The number of aromatic nitrogens is 1. The lowest BCUT2D eigenvalue weighted by Crippen LogP contribution is -2.53. The summed E-state index contributed by atoms with van der Waals surface area (Å²) in [6.07, 6.45) is 3.33. The Hall–Kier alpha value is -3.60. The third kappa shape index (κ3) is 6.88. The van der Waals surface area contributed by atoms with Crippen molar-refractivity contribution in [1.82, 2.24) is 9.88 Å². The molecule has 8 nitrogen and oxygen atoms in total. The van der Waals surface area contributed by atoms with Crippen LogP contribution in [0.25, 0.3) is 11.3 Å². The lowest BCUT2D eigenvalue weighted by Gasteiger charge is -2.32. The van der Waals surface area contributed by atoms with Crippen molar-refractivity contribution >= 4 is 11.8 Å². The molecule has 4 N–H and O–H groups in total. The fourth-order valence-corrected chi connectivity index (χ4v) is 6.03. The maximum absolute atomic E-state index is 15.1. The van der Waals surface area contributed by atoms with E-state index >= 15 is 4.39 Å². The van der Waals surface area contributed by atoms with E-state index in [9.17, 15) is 14.3 Å². The highest BCUT2D eigenvalue weighted by molar-refractivity contribution is 5.72. The molecule has 2 saturated heterocycles. The van der Waals surface area contributed by atoms with Gasteiger partial charge in [0.2, 0.25) is 0 Å². The highest BCUT2D eigenvalue weighted by atomic mass is 19.1. The summed E-state index contributed by atoms with van der Waals surface area (Å²) in [6.45, 7) is 6.22. The Morgan fingerprint density at radius 1 is 1.05 bits per heavy atom. The summed E-state index contributed by atoms with van der Waals surface area (Å²) < 4.78 is 35.6. The van der Waals surface area contributed by atoms with Crippen molar-refractivity contribution in [3.63, 3.8) is 0 Å². The smallest absolute Gasteiger partial charge is 0.369 e. The first-order chi connectivity index (χ1) is 20.4. The molecule has 0 amide bonds. The Morgan fingerprint density at radius 3 is 2.50 bits per heavy atom. The van der Waals surface area contributed by atoms with Gasteiger partial charge in [-0.05, 0) is 86.5 Å². The molecular formula is C32H39F2N4O4+. The number of anilines is 1. The molecule has 0 spiro atoms. The maximum atomic E-state index is 15.1. The minimum Gasteiger partial charge on any atom is -0.485 e. The zero-order valence-electron chi connectivity index (χ0n) is 24.0. The number of quaternary nitrogens is 1. The van der Waals surface area contributed by atoms with Crippen LogP contribution in [0.2, 0.25) is 0 Å². The molecule has 42 heavy (non-hydrogen) atoms. The first-order valence-electron chi connectivity index (χ1n) is 14.6. The van der Waals surface area contributed by atoms with Crippen LogP contribution in [0.4, 0.5) is 14.6 Å². The number of likely N-dealkylation sites (tertiary alicyclic amines) is 1. The van der Waals surface area contributed by atoms with Crippen LogP contribution < -0.4 is 15.5 Å². The van der Waals surface area contributed by atoms with Crippen LogP contribution in [0, 0.1) is 24.5 Å². The molecule has 2 fully saturated rings. The Morgan fingerprint density at radius 2 is 1.81 bits per heavy atom. The van der Waals surface area contributed by atoms with Crippen molar-refractivity contribution < 1.29 is 34.2 Å². The van der Waals surface area contributed by atoms with Gasteiger partial charge in [-0.25, -0.2) is 18.6 Å². The van der Waals surface area contributed by atoms with Gasteiger partial charge in [-0.15, -0.1) is 0 Å². The van der Waals surface area contributed by atoms with Gasteiger partial charge in [-0.1, -0.05) is 24.3 Å². The molecule has 5 rings (SSSR count). The monoisotopic (exact) mass is 581 g/mol. The molecular weight excluding hydrogens is 542 g/mol. The quantitative estimate of drug-likeness (QED) is 0.368. The van der Waals surface area contributed by atoms with Crippen LogP contribution in [0.15, 0.2) is 48.5 Å². The number of hydrogen-bond acceptors (Lipinski definition) is 7. The number of carbonyl (C=O) groups excluding carboxylic acids is 1. The molecule has 3 aromatic rings. The number of halogens is 2. The molecule has 3 heterocycles. The van der Waals surface area contributed by atoms with Crippen LogP contribution in [0.3, 0.4) is 0 Å². The van der Waals surface area contributed by atoms with E-state index in [2.05, 4.69) is 27.8 Å². The molecule has 0 unspecified atom stereocenters. The molecule has 1 aromatic heterocycles. The van der Waals surface area contributed by atoms with Gasteiger partial charge in [0.1, 0.15) is 18.2 Å². The van der Waals surface area contributed by atoms with Crippen LogP contribution in [0.5, 0.6) is 5.75 Å². The van der Waals surface area contributed by atoms with Gasteiger partial charge in [0.05, 0.1) is 18.2 Å². The van der Waals surface area contributed by atoms with E-state index in [1.807, 2.05) is 24.0 Å². The second-order valence-electron chi connectivity index (χ2n) is 11.2. The van der Waals surface area contributed by atoms with Crippen LogP contribution in [-0.2, 0) is 16.2 Å². The summed E-state index contributed by atoms with van der Waals surface area (Å²) in [6, 6.07) is 13.8. The number of β-amino-alcohol motifs (C(OH)–C–C–N with tert-alkyl or cyclic N) is 1. The summed E-state index contributed by atoms with van der Waals surface area (Å²) in [5.41, 5.74) is 3.91. The SMILES string of the molecule is Cc1cc(C2CCN(CCO)CC2)ccc1COc1c(F)cc(F)cc1-c1cccc(N2CCC(C(=O)O[NH3+])CC2)n1. The first-order valence-corrected chi connectivity index (χ1v) is 14.6. The van der Waals surface area contributed by atoms with Crippen molar-refractivity contribution in [2.24, 2.45) is 5.92 Å². The van der Waals surface area contributed by atoms with E-state index in [1.54, 1.807) is 12.1 Å². The number of ether oxygens (including phenoxy) is 1. The van der Waals surface area contributed by atoms with E-state index in [4.69, 9.17) is 9.72 Å². The molecule has 0 aliphatic carbocycles. The van der Waals surface area contributed by atoms with Gasteiger partial charge in [0.15, 0.2) is 11.6 Å². The van der Waals surface area contributed by atoms with Crippen LogP contribution in [-0.4, -0.2) is 60.3 Å². The van der Waals surface area contributed by atoms with Crippen molar-refractivity contribution in [3.8, 4) is 17.0 Å². The third-order valence-corrected chi connectivity index (χ3v) is 8.53. The highest BCUT2D eigenvalue weighted by Crippen LogP contribution is 2.35. The number of piperidine rings is 2. The molecule has 0 atom stereocenters. The van der Waals surface area contributed by atoms with Gasteiger partial charge in [-0.3, -0.25) is 4.84 Å². The number of benzene rings is 2. The third-order valence-electron chi connectivity index (χ3n) is 8.53. The zero-order valence-corrected chi connectivity index (χ0v) is 24.0. The lowest BCUT2D eigenvalue weighted by molar-refractivity contribution is -0.658. The zero-order chi connectivity index (χ0) is 29.6. The fourth-order valence-electron chi connectivity index (χ4n) is 6.03. The summed E-state index contributed by atoms with van der Waals surface area (Å²) in [7, 11) is 0. The molecule has 2 aromatic carbocycles. The van der Waals surface area contributed by atoms with E-state index in [0.717, 1.165) is 49.7 Å². The van der Waals surface area contributed by atoms with E-state index in [1.165, 1.54) is 11.6 Å². The summed E-state index contributed by atoms with van der Waals surface area (Å²) in [5, 5.41) is 9.20. The van der Waals surface area contributed by atoms with Gasteiger partial charge in [-0.2, -0.15) is 5.90 Å². The average molecular weight is 582 g/mol. The highest BCUT2D eigenvalue weighted by Gasteiger charge is 2.28. The number of aryl methyl sites for hydroxylation is 1. The molecule has 10 heteroatoms. The summed E-state index contributed by atoms with van der Waals surface area (Å²) in [5.74, 6) is 2.32. The fraction of sp³-hybridized carbons (Fsp3) is 0.438. The van der Waals surface area contributed by atoms with E-state index < -0.39 is 11.6 Å². The second-order valence-corrected chi connectivity index (χ2v) is 11.2. The summed E-state index contributed by atoms with van der Waals surface area (Å²) >= 11 is 0. The predicted octanol–water partition coefficient (Wildman–Crippen LogP) is 4.00. The number of rotatable bonds is 9. The Bertz CT molecular complexity index is 1390. The molecule has 224 valence electrons. The number of carbonyl (C=O) groups is 1. The maximum Gasteiger partial charge on any atom is 0.369 e. The van der Waals surface area contributed by atoms with Crippen LogP contribution >= 0.6 is 0 Å². The van der Waals surface area contributed by atoms with Gasteiger partial charge in [0, 0.05) is 31.3 Å². The van der Waals surface area contributed by atoms with Crippen molar-refractivity contribution in [3.05, 3.63) is 76.9 Å². The normalized spacial score (nSPS) is 16.9. The number of aliphatic hydroxyl groups is 1. The number of aliphatic hydroxyl groups excluding tert-OH is 1. The van der Waals surface area contributed by atoms with Crippen molar-refractivity contribution in [2.45, 2.75) is 45.1 Å². The predicted molar refractivity (Wildman–Crippen MR) is 155 cm³/mol. The van der Waals surface area contributed by atoms with Gasteiger partial charge >= 0.3 is 5.97 Å². The lowest BCUT2D eigenvalue weighted by atomic mass is 9.88. The molecule has 2 aliphatic rings. The van der Waals surface area contributed by atoms with Crippen LogP contribution in [0.1, 0.15) is 48.3 Å². The minimum absolute atomic E-state index is 0.0438. The van der Waals surface area contributed by atoms with E-state index in [-0.39, 0.29) is 36.4 Å². The largest absolute Gasteiger partial charge is 0.485 e. The van der Waals surface area contributed by atoms with E-state index in [0.29, 0.717) is 43.4 Å². The standard InChI is InChI=1S/C32H39F2N4O4/c1-21-17-24(22-7-11-37(12-8-22)15-16-39)5-6-25(21)20-41-31-27(18-26(33)19-28(31)34)29-3-2-4-30(36-29)38-13-9-23(10-14-38)32(40)42-35/h2-6,17-19,22-23,39H,7-16,20H2,1,35H3/q+1.